The van der Waals surface area contributed by atoms with Gasteiger partial charge in [0.15, 0.2) is 0 Å². The zero-order valence-electron chi connectivity index (χ0n) is 10.6. The molecule has 1 N–H and O–H groups in total. The Hall–Kier alpha value is -1.21. The van der Waals surface area contributed by atoms with E-state index < -0.39 is 0 Å². The van der Waals surface area contributed by atoms with Gasteiger partial charge in [0, 0.05) is 10.5 Å². The second kappa shape index (κ2) is 6.49. The first-order valence-electron chi connectivity index (χ1n) is 5.93. The minimum atomic E-state index is 0.0121. The fraction of sp³-hybridized carbons (Fsp3) is 0.133. The van der Waals surface area contributed by atoms with E-state index in [1.807, 2.05) is 37.3 Å². The number of nitrogens with zero attached hydrogens (tertiary/aromatic N) is 1. The molecular weight excluding hydrogens is 359 g/mol. The molecule has 2 rings (SSSR count). The SMILES string of the molecule is CC(Nc1ccc(Br)c(Cl)c1Cl)c1cccc(C#N)c1. The average Bonchev–Trinajstić information content (AvgIpc) is 2.48. The molecule has 0 amide bonds. The molecule has 5 heteroatoms. The highest BCUT2D eigenvalue weighted by molar-refractivity contribution is 9.10. The third-order valence-electron chi connectivity index (χ3n) is 2.92. The maximum absolute atomic E-state index is 8.93. The Morgan fingerprint density at radius 3 is 2.65 bits per heavy atom. The van der Waals surface area contributed by atoms with Crippen molar-refractivity contribution in [3.63, 3.8) is 0 Å². The lowest BCUT2D eigenvalue weighted by Crippen LogP contribution is -2.07. The molecule has 0 bridgehead atoms. The highest BCUT2D eigenvalue weighted by Gasteiger charge is 2.12. The molecule has 1 atom stereocenters. The molecular formula is C15H11BrCl2N2. The van der Waals surface area contributed by atoms with Crippen LogP contribution in [-0.2, 0) is 0 Å². The minimum Gasteiger partial charge on any atom is -0.377 e. The third-order valence-corrected chi connectivity index (χ3v) is 4.69. The second-order valence-corrected chi connectivity index (χ2v) is 5.94. The van der Waals surface area contributed by atoms with Gasteiger partial charge in [0.05, 0.1) is 27.4 Å². The van der Waals surface area contributed by atoms with E-state index >= 15 is 0 Å². The molecule has 0 saturated heterocycles. The molecule has 2 aromatic carbocycles. The molecule has 102 valence electrons. The number of nitrogens with one attached hydrogen (secondary N) is 1. The molecule has 0 saturated carbocycles. The number of hydrogen-bond donors (Lipinski definition) is 1. The summed E-state index contributed by atoms with van der Waals surface area (Å²) >= 11 is 15.6. The summed E-state index contributed by atoms with van der Waals surface area (Å²) in [7, 11) is 0. The molecule has 0 fully saturated rings. The van der Waals surface area contributed by atoms with Crippen molar-refractivity contribution in [3.05, 3.63) is 62.0 Å². The van der Waals surface area contributed by atoms with Crippen molar-refractivity contribution >= 4 is 44.8 Å². The smallest absolute Gasteiger partial charge is 0.0991 e. The van der Waals surface area contributed by atoms with Crippen molar-refractivity contribution in [3.8, 4) is 6.07 Å². The summed E-state index contributed by atoms with van der Waals surface area (Å²) in [5.41, 5.74) is 2.41. The van der Waals surface area contributed by atoms with Crippen LogP contribution in [0.4, 0.5) is 5.69 Å². The van der Waals surface area contributed by atoms with Crippen molar-refractivity contribution in [2.24, 2.45) is 0 Å². The van der Waals surface area contributed by atoms with Crippen molar-refractivity contribution in [2.75, 3.05) is 5.32 Å². The van der Waals surface area contributed by atoms with Crippen molar-refractivity contribution < 1.29 is 0 Å². The normalized spacial score (nSPS) is 11.8. The summed E-state index contributed by atoms with van der Waals surface area (Å²) in [6.07, 6.45) is 0. The van der Waals surface area contributed by atoms with Gasteiger partial charge in [0.1, 0.15) is 0 Å². The summed E-state index contributed by atoms with van der Waals surface area (Å²) in [5, 5.41) is 13.2. The molecule has 0 aliphatic rings. The Labute approximate surface area is 136 Å². The molecule has 1 unspecified atom stereocenters. The van der Waals surface area contributed by atoms with E-state index in [4.69, 9.17) is 28.5 Å². The van der Waals surface area contributed by atoms with E-state index in [1.165, 1.54) is 0 Å². The van der Waals surface area contributed by atoms with Crippen LogP contribution in [0.25, 0.3) is 0 Å². The third kappa shape index (κ3) is 3.27. The molecule has 2 nitrogen and oxygen atoms in total. The molecule has 0 spiro atoms. The zero-order chi connectivity index (χ0) is 14.7. The summed E-state index contributed by atoms with van der Waals surface area (Å²) in [5.74, 6) is 0. The first kappa shape index (κ1) is 15.2. The molecule has 0 radical (unpaired) electrons. The lowest BCUT2D eigenvalue weighted by atomic mass is 10.1. The first-order valence-corrected chi connectivity index (χ1v) is 7.48. The highest BCUT2D eigenvalue weighted by atomic mass is 79.9. The Morgan fingerprint density at radius 2 is 1.95 bits per heavy atom. The quantitative estimate of drug-likeness (QED) is 0.694. The summed E-state index contributed by atoms with van der Waals surface area (Å²) < 4.78 is 0.758. The van der Waals surface area contributed by atoms with Crippen LogP contribution in [-0.4, -0.2) is 0 Å². The monoisotopic (exact) mass is 368 g/mol. The van der Waals surface area contributed by atoms with Crippen LogP contribution in [0.15, 0.2) is 40.9 Å². The minimum absolute atomic E-state index is 0.0121. The molecule has 0 aliphatic carbocycles. The fourth-order valence-electron chi connectivity index (χ4n) is 1.83. The maximum Gasteiger partial charge on any atom is 0.0991 e. The van der Waals surface area contributed by atoms with Gasteiger partial charge in [0.2, 0.25) is 0 Å². The van der Waals surface area contributed by atoms with Crippen molar-refractivity contribution in [1.29, 1.82) is 5.26 Å². The van der Waals surface area contributed by atoms with Gasteiger partial charge in [-0.1, -0.05) is 35.3 Å². The fourth-order valence-corrected chi connectivity index (χ4v) is 2.66. The van der Waals surface area contributed by atoms with Crippen molar-refractivity contribution in [1.82, 2.24) is 0 Å². The predicted molar refractivity (Wildman–Crippen MR) is 87.4 cm³/mol. The van der Waals surface area contributed by atoms with Crippen LogP contribution in [0.1, 0.15) is 24.1 Å². The van der Waals surface area contributed by atoms with Gasteiger partial charge in [0.25, 0.3) is 0 Å². The topological polar surface area (TPSA) is 35.8 Å². The van der Waals surface area contributed by atoms with Crippen LogP contribution in [0.3, 0.4) is 0 Å². The summed E-state index contributed by atoms with van der Waals surface area (Å²) in [6, 6.07) is 13.3. The lowest BCUT2D eigenvalue weighted by Gasteiger charge is -2.17. The Bertz CT molecular complexity index is 680. The van der Waals surface area contributed by atoms with Gasteiger partial charge in [-0.25, -0.2) is 0 Å². The Kier molecular flexibility index (Phi) is 4.93. The standard InChI is InChI=1S/C15H11BrCl2N2/c1-9(11-4-2-3-10(7-11)8-19)20-13-6-5-12(16)14(17)15(13)18/h2-7,9,20H,1H3. The maximum atomic E-state index is 8.93. The van der Waals surface area contributed by atoms with Crippen LogP contribution < -0.4 is 5.32 Å². The molecule has 2 aromatic rings. The van der Waals surface area contributed by atoms with Crippen LogP contribution in [0, 0.1) is 11.3 Å². The van der Waals surface area contributed by atoms with E-state index in [1.54, 1.807) is 6.07 Å². The molecule has 20 heavy (non-hydrogen) atoms. The van der Waals surface area contributed by atoms with Crippen LogP contribution in [0.2, 0.25) is 10.0 Å². The van der Waals surface area contributed by atoms with Gasteiger partial charge in [-0.3, -0.25) is 0 Å². The Morgan fingerprint density at radius 1 is 1.20 bits per heavy atom. The van der Waals surface area contributed by atoms with Gasteiger partial charge in [-0.15, -0.1) is 0 Å². The summed E-state index contributed by atoms with van der Waals surface area (Å²) in [4.78, 5) is 0. The van der Waals surface area contributed by atoms with Gasteiger partial charge < -0.3 is 5.32 Å². The van der Waals surface area contributed by atoms with Gasteiger partial charge >= 0.3 is 0 Å². The average molecular weight is 370 g/mol. The molecule has 0 aliphatic heterocycles. The lowest BCUT2D eigenvalue weighted by molar-refractivity contribution is 0.884. The Balaban J connectivity index is 2.26. The van der Waals surface area contributed by atoms with E-state index in [2.05, 4.69) is 27.3 Å². The number of hydrogen-bond acceptors (Lipinski definition) is 2. The first-order chi connectivity index (χ1) is 9.52. The van der Waals surface area contributed by atoms with E-state index in [0.717, 1.165) is 15.7 Å². The number of anilines is 1. The number of benzene rings is 2. The number of halogens is 3. The van der Waals surface area contributed by atoms with Gasteiger partial charge in [-0.2, -0.15) is 5.26 Å². The van der Waals surface area contributed by atoms with E-state index in [9.17, 15) is 0 Å². The molecule has 0 heterocycles. The zero-order valence-corrected chi connectivity index (χ0v) is 13.7. The number of rotatable bonds is 3. The molecule has 0 aromatic heterocycles. The van der Waals surface area contributed by atoms with Gasteiger partial charge in [-0.05, 0) is 52.7 Å². The van der Waals surface area contributed by atoms with Crippen molar-refractivity contribution in [2.45, 2.75) is 13.0 Å². The summed E-state index contributed by atoms with van der Waals surface area (Å²) in [6.45, 7) is 2.00. The van der Waals surface area contributed by atoms with Crippen LogP contribution >= 0.6 is 39.1 Å². The van der Waals surface area contributed by atoms with E-state index in [-0.39, 0.29) is 6.04 Å². The number of nitriles is 1. The predicted octanol–water partition coefficient (Wildman–Crippen LogP) is 5.80. The van der Waals surface area contributed by atoms with E-state index in [0.29, 0.717) is 15.6 Å². The highest BCUT2D eigenvalue weighted by Crippen LogP contribution is 2.37. The second-order valence-electron chi connectivity index (χ2n) is 4.33. The largest absolute Gasteiger partial charge is 0.377 e. The van der Waals surface area contributed by atoms with Crippen LogP contribution in [0.5, 0.6) is 0 Å².